The number of hydrogen-bond acceptors (Lipinski definition) is 5. The van der Waals surface area contributed by atoms with E-state index in [1.165, 1.54) is 18.9 Å². The van der Waals surface area contributed by atoms with Gasteiger partial charge >= 0.3 is 0 Å². The number of hydrogen-bond donors (Lipinski definition) is 2. The molecule has 148 valence electrons. The first kappa shape index (κ1) is 19.3. The Kier molecular flexibility index (Phi) is 5.61. The van der Waals surface area contributed by atoms with Gasteiger partial charge in [0.1, 0.15) is 0 Å². The summed E-state index contributed by atoms with van der Waals surface area (Å²) in [7, 11) is -3.74. The minimum atomic E-state index is -3.74. The molecule has 2 aromatic carbocycles. The molecule has 2 aliphatic heterocycles. The average molecular weight is 418 g/mol. The SMILES string of the molecule is O=C1CCSc2ccc(S(=O)(=O)Nc3cccc(CN4CCCC4)c3)cc2N1. The van der Waals surface area contributed by atoms with Gasteiger partial charge < -0.3 is 5.32 Å². The minimum absolute atomic E-state index is 0.0941. The zero-order valence-electron chi connectivity index (χ0n) is 15.5. The van der Waals surface area contributed by atoms with Crippen molar-refractivity contribution in [3.8, 4) is 0 Å². The summed E-state index contributed by atoms with van der Waals surface area (Å²) in [4.78, 5) is 15.2. The number of carbonyl (C=O) groups is 1. The molecule has 2 aliphatic rings. The topological polar surface area (TPSA) is 78.5 Å². The van der Waals surface area contributed by atoms with Gasteiger partial charge in [-0.15, -0.1) is 11.8 Å². The van der Waals surface area contributed by atoms with Gasteiger partial charge in [0, 0.05) is 29.3 Å². The molecular formula is C20H23N3O3S2. The lowest BCUT2D eigenvalue weighted by molar-refractivity contribution is -0.115. The van der Waals surface area contributed by atoms with Crippen LogP contribution in [0.3, 0.4) is 0 Å². The zero-order valence-corrected chi connectivity index (χ0v) is 17.1. The number of anilines is 2. The van der Waals surface area contributed by atoms with Crippen LogP contribution in [0.5, 0.6) is 0 Å². The molecule has 2 heterocycles. The van der Waals surface area contributed by atoms with Crippen LogP contribution in [0, 0.1) is 0 Å². The average Bonchev–Trinajstić information content (AvgIpc) is 3.08. The van der Waals surface area contributed by atoms with Crippen molar-refractivity contribution in [2.45, 2.75) is 35.6 Å². The molecule has 8 heteroatoms. The van der Waals surface area contributed by atoms with E-state index in [2.05, 4.69) is 14.9 Å². The van der Waals surface area contributed by atoms with E-state index < -0.39 is 10.0 Å². The number of rotatable bonds is 5. The molecule has 4 rings (SSSR count). The third-order valence-electron chi connectivity index (χ3n) is 4.91. The highest BCUT2D eigenvalue weighted by molar-refractivity contribution is 7.99. The lowest BCUT2D eigenvalue weighted by Crippen LogP contribution is -2.18. The van der Waals surface area contributed by atoms with E-state index in [1.54, 1.807) is 30.0 Å². The summed E-state index contributed by atoms with van der Waals surface area (Å²) in [5.41, 5.74) is 2.19. The highest BCUT2D eigenvalue weighted by Crippen LogP contribution is 2.33. The van der Waals surface area contributed by atoms with Gasteiger partial charge in [-0.1, -0.05) is 12.1 Å². The van der Waals surface area contributed by atoms with Crippen LogP contribution >= 0.6 is 11.8 Å². The second-order valence-electron chi connectivity index (χ2n) is 7.09. The van der Waals surface area contributed by atoms with Crippen LogP contribution in [0.1, 0.15) is 24.8 Å². The van der Waals surface area contributed by atoms with Crippen molar-refractivity contribution >= 4 is 39.1 Å². The monoisotopic (exact) mass is 417 g/mol. The third kappa shape index (κ3) is 4.51. The number of benzene rings is 2. The van der Waals surface area contributed by atoms with E-state index in [0.717, 1.165) is 30.1 Å². The molecule has 0 bridgehead atoms. The summed E-state index contributed by atoms with van der Waals surface area (Å²) in [6, 6.07) is 12.4. The van der Waals surface area contributed by atoms with Crippen LogP contribution in [0.25, 0.3) is 0 Å². The molecule has 0 radical (unpaired) electrons. The van der Waals surface area contributed by atoms with Crippen molar-refractivity contribution in [3.05, 3.63) is 48.0 Å². The van der Waals surface area contributed by atoms with E-state index >= 15 is 0 Å². The van der Waals surface area contributed by atoms with E-state index in [4.69, 9.17) is 0 Å². The first-order valence-corrected chi connectivity index (χ1v) is 11.9. The fourth-order valence-corrected chi connectivity index (χ4v) is 5.52. The van der Waals surface area contributed by atoms with Gasteiger partial charge in [-0.3, -0.25) is 14.4 Å². The van der Waals surface area contributed by atoms with Gasteiger partial charge in [-0.05, 0) is 61.8 Å². The second-order valence-corrected chi connectivity index (χ2v) is 9.91. The summed E-state index contributed by atoms with van der Waals surface area (Å²) in [6.45, 7) is 3.02. The Labute approximate surface area is 169 Å². The van der Waals surface area contributed by atoms with Crippen LogP contribution in [0.4, 0.5) is 11.4 Å². The predicted molar refractivity (Wildman–Crippen MR) is 112 cm³/mol. The molecule has 0 spiro atoms. The van der Waals surface area contributed by atoms with Crippen molar-refractivity contribution in [1.29, 1.82) is 0 Å². The summed E-state index contributed by atoms with van der Waals surface area (Å²) in [5, 5.41) is 2.79. The molecule has 2 aromatic rings. The van der Waals surface area contributed by atoms with Gasteiger partial charge in [-0.25, -0.2) is 8.42 Å². The number of fused-ring (bicyclic) bond motifs is 1. The maximum absolute atomic E-state index is 12.9. The van der Waals surface area contributed by atoms with Crippen molar-refractivity contribution in [3.63, 3.8) is 0 Å². The van der Waals surface area contributed by atoms with Gasteiger partial charge in [0.2, 0.25) is 5.91 Å². The number of nitrogens with zero attached hydrogens (tertiary/aromatic N) is 1. The zero-order chi connectivity index (χ0) is 19.6. The number of carbonyl (C=O) groups excluding carboxylic acids is 1. The molecule has 28 heavy (non-hydrogen) atoms. The predicted octanol–water partition coefficient (Wildman–Crippen LogP) is 3.52. The van der Waals surface area contributed by atoms with E-state index in [0.29, 0.717) is 23.5 Å². The Hall–Kier alpha value is -2.03. The van der Waals surface area contributed by atoms with Crippen LogP contribution in [-0.4, -0.2) is 38.1 Å². The molecule has 0 aliphatic carbocycles. The first-order valence-electron chi connectivity index (χ1n) is 9.40. The summed E-state index contributed by atoms with van der Waals surface area (Å²) >= 11 is 1.55. The molecule has 0 aromatic heterocycles. The van der Waals surface area contributed by atoms with Crippen LogP contribution in [-0.2, 0) is 21.4 Å². The van der Waals surface area contributed by atoms with Gasteiger partial charge in [0.25, 0.3) is 10.0 Å². The molecule has 2 N–H and O–H groups in total. The minimum Gasteiger partial charge on any atom is -0.325 e. The first-order chi connectivity index (χ1) is 13.5. The Morgan fingerprint density at radius 1 is 1.11 bits per heavy atom. The normalized spacial score (nSPS) is 17.6. The summed E-state index contributed by atoms with van der Waals surface area (Å²) < 4.78 is 28.4. The van der Waals surface area contributed by atoms with Crippen LogP contribution in [0.15, 0.2) is 52.3 Å². The van der Waals surface area contributed by atoms with Gasteiger partial charge in [0.15, 0.2) is 0 Å². The maximum Gasteiger partial charge on any atom is 0.261 e. The molecule has 0 unspecified atom stereocenters. The molecule has 6 nitrogen and oxygen atoms in total. The summed E-state index contributed by atoms with van der Waals surface area (Å²) in [5.74, 6) is 0.593. The lowest BCUT2D eigenvalue weighted by atomic mass is 10.2. The Balaban J connectivity index is 1.53. The third-order valence-corrected chi connectivity index (χ3v) is 7.36. The highest BCUT2D eigenvalue weighted by Gasteiger charge is 2.20. The Morgan fingerprint density at radius 3 is 2.75 bits per heavy atom. The number of thioether (sulfide) groups is 1. The molecule has 0 atom stereocenters. The van der Waals surface area contributed by atoms with E-state index in [-0.39, 0.29) is 10.8 Å². The summed E-state index contributed by atoms with van der Waals surface area (Å²) in [6.07, 6.45) is 2.86. The number of nitrogens with one attached hydrogen (secondary N) is 2. The van der Waals surface area contributed by atoms with Crippen molar-refractivity contribution in [2.75, 3.05) is 28.9 Å². The van der Waals surface area contributed by atoms with E-state index in [9.17, 15) is 13.2 Å². The Bertz CT molecular complexity index is 986. The largest absolute Gasteiger partial charge is 0.325 e. The van der Waals surface area contributed by atoms with Crippen molar-refractivity contribution in [2.24, 2.45) is 0 Å². The highest BCUT2D eigenvalue weighted by atomic mass is 32.2. The fourth-order valence-electron chi connectivity index (χ4n) is 3.51. The van der Waals surface area contributed by atoms with Crippen molar-refractivity contribution in [1.82, 2.24) is 4.90 Å². The number of likely N-dealkylation sites (tertiary alicyclic amines) is 1. The standard InChI is InChI=1S/C20H23N3O3S2/c24-20-8-11-27-19-7-6-17(13-18(19)21-20)28(25,26)22-16-5-3-4-15(12-16)14-23-9-1-2-10-23/h3-7,12-13,22H,1-2,8-11,14H2,(H,21,24). The molecule has 1 amide bonds. The molecule has 1 fully saturated rings. The Morgan fingerprint density at radius 2 is 1.93 bits per heavy atom. The smallest absolute Gasteiger partial charge is 0.261 e. The lowest BCUT2D eigenvalue weighted by Gasteiger charge is -2.16. The molecular weight excluding hydrogens is 394 g/mol. The number of amides is 1. The van der Waals surface area contributed by atoms with E-state index in [1.807, 2.05) is 18.2 Å². The molecule has 1 saturated heterocycles. The number of sulfonamides is 1. The van der Waals surface area contributed by atoms with Crippen LogP contribution < -0.4 is 10.0 Å². The maximum atomic E-state index is 12.9. The van der Waals surface area contributed by atoms with Gasteiger partial charge in [0.05, 0.1) is 10.6 Å². The van der Waals surface area contributed by atoms with Crippen molar-refractivity contribution < 1.29 is 13.2 Å². The quantitative estimate of drug-likeness (QED) is 0.778. The fraction of sp³-hybridized carbons (Fsp3) is 0.350. The van der Waals surface area contributed by atoms with Gasteiger partial charge in [-0.2, -0.15) is 0 Å². The van der Waals surface area contributed by atoms with Crippen LogP contribution in [0.2, 0.25) is 0 Å². The molecule has 0 saturated carbocycles. The second kappa shape index (κ2) is 8.14.